The van der Waals surface area contributed by atoms with Crippen LogP contribution in [0.5, 0.6) is 0 Å². The maximum Gasteiger partial charge on any atom is 0.0596 e. The van der Waals surface area contributed by atoms with Gasteiger partial charge in [0.05, 0.1) is 6.54 Å². The summed E-state index contributed by atoms with van der Waals surface area (Å²) < 4.78 is 0. The highest BCUT2D eigenvalue weighted by molar-refractivity contribution is 4.88. The molecule has 1 aliphatic rings. The van der Waals surface area contributed by atoms with Gasteiger partial charge < -0.3 is 5.73 Å². The number of rotatable bonds is 3. The maximum absolute atomic E-state index is 5.92. The molecular weight excluding hydrogens is 160 g/mol. The largest absolute Gasteiger partial charge is 0.328 e. The summed E-state index contributed by atoms with van der Waals surface area (Å²) in [6, 6.07) is 0.429. The van der Waals surface area contributed by atoms with Gasteiger partial charge in [-0.2, -0.15) is 0 Å². The Balaban J connectivity index is 2.24. The molecule has 74 valence electrons. The zero-order valence-corrected chi connectivity index (χ0v) is 8.50. The summed E-state index contributed by atoms with van der Waals surface area (Å²) in [7, 11) is 2.08. The molecule has 0 saturated heterocycles. The second-order valence-corrected chi connectivity index (χ2v) is 4.19. The van der Waals surface area contributed by atoms with Gasteiger partial charge in [0.15, 0.2) is 0 Å². The number of hydrogen-bond donors (Lipinski definition) is 1. The molecule has 0 aromatic rings. The van der Waals surface area contributed by atoms with Gasteiger partial charge in [0.1, 0.15) is 0 Å². The van der Waals surface area contributed by atoms with E-state index in [-0.39, 0.29) is 0 Å². The smallest absolute Gasteiger partial charge is 0.0596 e. The van der Waals surface area contributed by atoms with Gasteiger partial charge >= 0.3 is 0 Å². The Hall–Kier alpha value is -0.520. The lowest BCUT2D eigenvalue weighted by molar-refractivity contribution is 0.236. The third-order valence-corrected chi connectivity index (χ3v) is 2.75. The van der Waals surface area contributed by atoms with Crippen LogP contribution in [-0.2, 0) is 0 Å². The van der Waals surface area contributed by atoms with Gasteiger partial charge in [-0.15, -0.1) is 6.42 Å². The summed E-state index contributed by atoms with van der Waals surface area (Å²) in [5, 5.41) is 0. The van der Waals surface area contributed by atoms with Crippen LogP contribution in [0.4, 0.5) is 0 Å². The minimum Gasteiger partial charge on any atom is -0.328 e. The van der Waals surface area contributed by atoms with Crippen molar-refractivity contribution in [3.05, 3.63) is 0 Å². The fourth-order valence-electron chi connectivity index (χ4n) is 2.16. The van der Waals surface area contributed by atoms with Crippen LogP contribution >= 0.6 is 0 Å². The van der Waals surface area contributed by atoms with Crippen molar-refractivity contribution in [1.82, 2.24) is 4.90 Å². The predicted octanol–water partition coefficient (Wildman–Crippen LogP) is 1.07. The van der Waals surface area contributed by atoms with E-state index in [0.29, 0.717) is 6.04 Å². The fraction of sp³-hybridized carbons (Fsp3) is 0.818. The molecular formula is C11H20N2. The van der Waals surface area contributed by atoms with Crippen molar-refractivity contribution >= 4 is 0 Å². The SMILES string of the molecule is C#CCN(C)CC1CCCC(N)C1. The second kappa shape index (κ2) is 5.26. The van der Waals surface area contributed by atoms with Crippen LogP contribution in [0.1, 0.15) is 25.7 Å². The Morgan fingerprint density at radius 1 is 1.54 bits per heavy atom. The average molecular weight is 180 g/mol. The molecule has 0 bridgehead atoms. The Labute approximate surface area is 81.5 Å². The first kappa shape index (κ1) is 10.6. The first-order valence-corrected chi connectivity index (χ1v) is 5.10. The van der Waals surface area contributed by atoms with Crippen LogP contribution in [0.15, 0.2) is 0 Å². The molecule has 13 heavy (non-hydrogen) atoms. The molecule has 0 heterocycles. The van der Waals surface area contributed by atoms with E-state index >= 15 is 0 Å². The van der Waals surface area contributed by atoms with Crippen molar-refractivity contribution in [1.29, 1.82) is 0 Å². The van der Waals surface area contributed by atoms with Crippen molar-refractivity contribution in [3.8, 4) is 12.3 Å². The maximum atomic E-state index is 5.92. The summed E-state index contributed by atoms with van der Waals surface area (Å²) in [5.41, 5.74) is 5.92. The van der Waals surface area contributed by atoms with Crippen LogP contribution in [0.2, 0.25) is 0 Å². The Bertz CT molecular complexity index is 183. The van der Waals surface area contributed by atoms with Crippen molar-refractivity contribution in [2.24, 2.45) is 11.7 Å². The highest BCUT2D eigenvalue weighted by Crippen LogP contribution is 2.23. The monoisotopic (exact) mass is 180 g/mol. The average Bonchev–Trinajstić information content (AvgIpc) is 2.04. The van der Waals surface area contributed by atoms with E-state index in [1.54, 1.807) is 0 Å². The minimum absolute atomic E-state index is 0.429. The molecule has 0 amide bonds. The van der Waals surface area contributed by atoms with Gasteiger partial charge in [0.25, 0.3) is 0 Å². The molecule has 0 aromatic heterocycles. The van der Waals surface area contributed by atoms with Crippen LogP contribution in [0.3, 0.4) is 0 Å². The van der Waals surface area contributed by atoms with Crippen LogP contribution in [0, 0.1) is 18.3 Å². The van der Waals surface area contributed by atoms with Gasteiger partial charge in [-0.25, -0.2) is 0 Å². The van der Waals surface area contributed by atoms with E-state index in [1.165, 1.54) is 25.7 Å². The van der Waals surface area contributed by atoms with Crippen molar-refractivity contribution in [3.63, 3.8) is 0 Å². The first-order chi connectivity index (χ1) is 6.22. The molecule has 0 spiro atoms. The summed E-state index contributed by atoms with van der Waals surface area (Å²) in [6.45, 7) is 1.86. The first-order valence-electron chi connectivity index (χ1n) is 5.10. The molecule has 1 rings (SSSR count). The number of nitrogens with zero attached hydrogens (tertiary/aromatic N) is 1. The van der Waals surface area contributed by atoms with E-state index < -0.39 is 0 Å². The van der Waals surface area contributed by atoms with E-state index in [1.807, 2.05) is 0 Å². The van der Waals surface area contributed by atoms with Crippen LogP contribution < -0.4 is 5.73 Å². The quantitative estimate of drug-likeness (QED) is 0.658. The van der Waals surface area contributed by atoms with E-state index in [2.05, 4.69) is 17.9 Å². The third kappa shape index (κ3) is 3.80. The summed E-state index contributed by atoms with van der Waals surface area (Å²) in [5.74, 6) is 3.43. The number of terminal acetylenes is 1. The van der Waals surface area contributed by atoms with Gasteiger partial charge in [-0.1, -0.05) is 12.3 Å². The lowest BCUT2D eigenvalue weighted by Gasteiger charge is -2.29. The molecule has 2 heteroatoms. The third-order valence-electron chi connectivity index (χ3n) is 2.75. The van der Waals surface area contributed by atoms with E-state index in [9.17, 15) is 0 Å². The van der Waals surface area contributed by atoms with E-state index in [4.69, 9.17) is 12.2 Å². The standard InChI is InChI=1S/C11H20N2/c1-3-7-13(2)9-10-5-4-6-11(12)8-10/h1,10-11H,4-9,12H2,2H3. The van der Waals surface area contributed by atoms with Crippen molar-refractivity contribution < 1.29 is 0 Å². The Kier molecular flexibility index (Phi) is 4.27. The number of hydrogen-bond acceptors (Lipinski definition) is 2. The van der Waals surface area contributed by atoms with Gasteiger partial charge in [-0.05, 0) is 32.2 Å². The van der Waals surface area contributed by atoms with Crippen LogP contribution in [0.25, 0.3) is 0 Å². The molecule has 2 nitrogen and oxygen atoms in total. The zero-order chi connectivity index (χ0) is 9.68. The minimum atomic E-state index is 0.429. The second-order valence-electron chi connectivity index (χ2n) is 4.19. The van der Waals surface area contributed by atoms with Gasteiger partial charge in [-0.3, -0.25) is 4.90 Å². The molecule has 1 fully saturated rings. The normalized spacial score (nSPS) is 28.8. The van der Waals surface area contributed by atoms with Crippen molar-refractivity contribution in [2.75, 3.05) is 20.1 Å². The molecule has 1 saturated carbocycles. The Morgan fingerprint density at radius 3 is 2.92 bits per heavy atom. The van der Waals surface area contributed by atoms with Crippen molar-refractivity contribution in [2.45, 2.75) is 31.7 Å². The lowest BCUT2D eigenvalue weighted by atomic mass is 9.86. The summed E-state index contributed by atoms with van der Waals surface area (Å²) >= 11 is 0. The molecule has 1 aliphatic carbocycles. The highest BCUT2D eigenvalue weighted by atomic mass is 15.1. The summed E-state index contributed by atoms with van der Waals surface area (Å²) in [6.07, 6.45) is 10.2. The molecule has 2 unspecified atom stereocenters. The fourth-order valence-corrected chi connectivity index (χ4v) is 2.16. The zero-order valence-electron chi connectivity index (χ0n) is 8.50. The van der Waals surface area contributed by atoms with Gasteiger partial charge in [0.2, 0.25) is 0 Å². The Morgan fingerprint density at radius 2 is 2.31 bits per heavy atom. The van der Waals surface area contributed by atoms with E-state index in [0.717, 1.165) is 19.0 Å². The lowest BCUT2D eigenvalue weighted by Crippen LogP contribution is -2.34. The molecule has 0 aliphatic heterocycles. The molecule has 0 radical (unpaired) electrons. The number of nitrogens with two attached hydrogens (primary N) is 1. The molecule has 0 aromatic carbocycles. The topological polar surface area (TPSA) is 29.3 Å². The summed E-state index contributed by atoms with van der Waals surface area (Å²) in [4.78, 5) is 2.21. The molecule has 2 atom stereocenters. The van der Waals surface area contributed by atoms with Gasteiger partial charge in [0, 0.05) is 12.6 Å². The van der Waals surface area contributed by atoms with Crippen LogP contribution in [-0.4, -0.2) is 31.1 Å². The predicted molar refractivity (Wildman–Crippen MR) is 56.3 cm³/mol. The molecule has 2 N–H and O–H groups in total. The highest BCUT2D eigenvalue weighted by Gasteiger charge is 2.19.